The molecule has 0 aromatic heterocycles. The van der Waals surface area contributed by atoms with Crippen LogP contribution in [0.1, 0.15) is 6.42 Å². The monoisotopic (exact) mass is 343 g/mol. The van der Waals surface area contributed by atoms with Gasteiger partial charge in [0.05, 0.1) is 0 Å². The van der Waals surface area contributed by atoms with Crippen molar-refractivity contribution in [1.29, 1.82) is 0 Å². The third-order valence-corrected chi connectivity index (χ3v) is 3.31. The highest BCUT2D eigenvalue weighted by atomic mass is 32.2. The van der Waals surface area contributed by atoms with Crippen LogP contribution in [0.25, 0.3) is 0 Å². The van der Waals surface area contributed by atoms with Crippen molar-refractivity contribution in [1.82, 2.24) is 5.32 Å². The van der Waals surface area contributed by atoms with Crippen molar-refractivity contribution in [3.8, 4) is 0 Å². The van der Waals surface area contributed by atoms with Crippen LogP contribution in [0.2, 0.25) is 0 Å². The minimum Gasteiger partial charge on any atom is -0.454 e. The second kappa shape index (κ2) is 9.67. The number of hydrogen-bond donors (Lipinski definition) is 3. The number of carbonyl (C=O) groups is 3. The lowest BCUT2D eigenvalue weighted by Crippen LogP contribution is -2.45. The maximum absolute atomic E-state index is 13.0. The van der Waals surface area contributed by atoms with Crippen molar-refractivity contribution in [3.63, 3.8) is 0 Å². The van der Waals surface area contributed by atoms with Crippen LogP contribution >= 0.6 is 11.8 Å². The lowest BCUT2D eigenvalue weighted by Gasteiger charge is -2.15. The molecule has 1 aromatic carbocycles. The molecule has 1 aromatic rings. The van der Waals surface area contributed by atoms with Crippen LogP contribution in [0.5, 0.6) is 0 Å². The Kier molecular flexibility index (Phi) is 7.89. The van der Waals surface area contributed by atoms with Gasteiger partial charge >= 0.3 is 12.0 Å². The first-order chi connectivity index (χ1) is 10.9. The summed E-state index contributed by atoms with van der Waals surface area (Å²) in [5.74, 6) is -1.27. The molecule has 0 unspecified atom stereocenters. The number of primary amides is 1. The van der Waals surface area contributed by atoms with Crippen LogP contribution < -0.4 is 16.4 Å². The van der Waals surface area contributed by atoms with Gasteiger partial charge in [0.15, 0.2) is 6.61 Å². The number of thioether (sulfide) groups is 1. The molecule has 0 aliphatic rings. The molecule has 0 aliphatic carbocycles. The molecule has 0 fully saturated rings. The molecular formula is C14H18FN3O4S. The second-order valence-corrected chi connectivity index (χ2v) is 5.49. The lowest BCUT2D eigenvalue weighted by molar-refractivity contribution is -0.149. The standard InChI is InChI=1S/C14H18FN3O4S/c1-23-6-5-11(18-14(16)21)13(20)22-8-12(19)17-10-4-2-3-9(15)7-10/h2-4,7,11H,5-6,8H2,1H3,(H,17,19)(H3,16,18,21)/t11-/m1/s1. The minimum absolute atomic E-state index is 0.250. The predicted octanol–water partition coefficient (Wildman–Crippen LogP) is 1.10. The molecule has 4 N–H and O–H groups in total. The Morgan fingerprint density at radius 1 is 1.39 bits per heavy atom. The quantitative estimate of drug-likeness (QED) is 0.612. The molecule has 23 heavy (non-hydrogen) atoms. The molecule has 0 aliphatic heterocycles. The normalized spacial score (nSPS) is 11.4. The average molecular weight is 343 g/mol. The molecule has 0 spiro atoms. The van der Waals surface area contributed by atoms with E-state index in [2.05, 4.69) is 10.6 Å². The van der Waals surface area contributed by atoms with Gasteiger partial charge in [-0.3, -0.25) is 4.79 Å². The van der Waals surface area contributed by atoms with E-state index >= 15 is 0 Å². The lowest BCUT2D eigenvalue weighted by atomic mass is 10.2. The number of amides is 3. The smallest absolute Gasteiger partial charge is 0.329 e. The fourth-order valence-corrected chi connectivity index (χ4v) is 2.13. The Labute approximate surface area is 137 Å². The van der Waals surface area contributed by atoms with Crippen LogP contribution in [0, 0.1) is 5.82 Å². The number of carbonyl (C=O) groups excluding carboxylic acids is 3. The summed E-state index contributed by atoms with van der Waals surface area (Å²) in [6.45, 7) is -0.550. The highest BCUT2D eigenvalue weighted by Crippen LogP contribution is 2.09. The second-order valence-electron chi connectivity index (χ2n) is 4.51. The van der Waals surface area contributed by atoms with E-state index in [1.165, 1.54) is 30.0 Å². The molecule has 0 heterocycles. The van der Waals surface area contributed by atoms with Crippen molar-refractivity contribution in [2.75, 3.05) is 23.9 Å². The fraction of sp³-hybridized carbons (Fsp3) is 0.357. The number of nitrogens with one attached hydrogen (secondary N) is 2. The van der Waals surface area contributed by atoms with E-state index in [0.29, 0.717) is 12.2 Å². The number of esters is 1. The summed E-state index contributed by atoms with van der Waals surface area (Å²) in [5, 5.41) is 4.65. The van der Waals surface area contributed by atoms with E-state index in [9.17, 15) is 18.8 Å². The summed E-state index contributed by atoms with van der Waals surface area (Å²) in [5.41, 5.74) is 5.25. The minimum atomic E-state index is -0.915. The molecule has 7 nitrogen and oxygen atoms in total. The van der Waals surface area contributed by atoms with E-state index in [1.807, 2.05) is 6.26 Å². The topological polar surface area (TPSA) is 111 Å². The summed E-state index contributed by atoms with van der Waals surface area (Å²) in [7, 11) is 0. The highest BCUT2D eigenvalue weighted by molar-refractivity contribution is 7.98. The van der Waals surface area contributed by atoms with Crippen molar-refractivity contribution in [3.05, 3.63) is 30.1 Å². The van der Waals surface area contributed by atoms with Crippen molar-refractivity contribution in [2.24, 2.45) is 5.73 Å². The first-order valence-electron chi connectivity index (χ1n) is 6.69. The third kappa shape index (κ3) is 7.50. The Bertz CT molecular complexity index is 571. The van der Waals surface area contributed by atoms with E-state index in [0.717, 1.165) is 6.07 Å². The maximum atomic E-state index is 13.0. The highest BCUT2D eigenvalue weighted by Gasteiger charge is 2.21. The van der Waals surface area contributed by atoms with Gasteiger partial charge in [-0.05, 0) is 36.6 Å². The summed E-state index contributed by atoms with van der Waals surface area (Å²) < 4.78 is 17.8. The average Bonchev–Trinajstić information content (AvgIpc) is 2.48. The van der Waals surface area contributed by atoms with Gasteiger partial charge in [-0.2, -0.15) is 11.8 Å². The summed E-state index contributed by atoms with van der Waals surface area (Å²) in [6.07, 6.45) is 2.17. The number of hydrogen-bond acceptors (Lipinski definition) is 5. The van der Waals surface area contributed by atoms with E-state index in [-0.39, 0.29) is 5.69 Å². The molecule has 0 saturated heterocycles. The molecule has 3 amide bonds. The molecule has 0 radical (unpaired) electrons. The molecule has 126 valence electrons. The number of ether oxygens (including phenoxy) is 1. The van der Waals surface area contributed by atoms with Crippen molar-refractivity contribution >= 4 is 35.4 Å². The molecular weight excluding hydrogens is 325 g/mol. The zero-order chi connectivity index (χ0) is 17.2. The predicted molar refractivity (Wildman–Crippen MR) is 85.5 cm³/mol. The first kappa shape index (κ1) is 18.8. The molecule has 1 atom stereocenters. The van der Waals surface area contributed by atoms with Gasteiger partial charge in [-0.1, -0.05) is 6.07 Å². The number of anilines is 1. The zero-order valence-corrected chi connectivity index (χ0v) is 13.3. The van der Waals surface area contributed by atoms with Crippen molar-refractivity contribution in [2.45, 2.75) is 12.5 Å². The van der Waals surface area contributed by atoms with Gasteiger partial charge in [-0.15, -0.1) is 0 Å². The summed E-state index contributed by atoms with van der Waals surface area (Å²) >= 11 is 1.49. The first-order valence-corrected chi connectivity index (χ1v) is 8.08. The zero-order valence-electron chi connectivity index (χ0n) is 12.5. The number of rotatable bonds is 8. The van der Waals surface area contributed by atoms with Gasteiger partial charge in [0.25, 0.3) is 5.91 Å². The molecule has 0 saturated carbocycles. The molecule has 0 bridgehead atoms. The number of halogens is 1. The van der Waals surface area contributed by atoms with Crippen molar-refractivity contribution < 1.29 is 23.5 Å². The number of benzene rings is 1. The number of nitrogens with two attached hydrogens (primary N) is 1. The number of urea groups is 1. The molecule has 9 heteroatoms. The summed E-state index contributed by atoms with van der Waals surface area (Å²) in [4.78, 5) is 34.4. The van der Waals surface area contributed by atoms with Crippen LogP contribution in [0.3, 0.4) is 0 Å². The Morgan fingerprint density at radius 2 is 2.13 bits per heavy atom. The van der Waals surface area contributed by atoms with E-state index in [1.54, 1.807) is 0 Å². The van der Waals surface area contributed by atoms with Crippen LogP contribution in [-0.4, -0.2) is 42.6 Å². The van der Waals surface area contributed by atoms with Gasteiger partial charge in [0.2, 0.25) is 0 Å². The van der Waals surface area contributed by atoms with Gasteiger partial charge in [0, 0.05) is 5.69 Å². The van der Waals surface area contributed by atoms with Crippen LogP contribution in [0.15, 0.2) is 24.3 Å². The maximum Gasteiger partial charge on any atom is 0.329 e. The Balaban J connectivity index is 2.48. The van der Waals surface area contributed by atoms with Gasteiger partial charge < -0.3 is 21.1 Å². The van der Waals surface area contributed by atoms with Gasteiger partial charge in [0.1, 0.15) is 11.9 Å². The Hall–Kier alpha value is -2.29. The third-order valence-electron chi connectivity index (χ3n) is 2.67. The van der Waals surface area contributed by atoms with Crippen LogP contribution in [-0.2, 0) is 14.3 Å². The fourth-order valence-electron chi connectivity index (χ4n) is 1.66. The van der Waals surface area contributed by atoms with Crippen LogP contribution in [0.4, 0.5) is 14.9 Å². The van der Waals surface area contributed by atoms with E-state index in [4.69, 9.17) is 10.5 Å². The SMILES string of the molecule is CSCC[C@@H](NC(N)=O)C(=O)OCC(=O)Nc1cccc(F)c1. The largest absolute Gasteiger partial charge is 0.454 e. The van der Waals surface area contributed by atoms with E-state index < -0.39 is 36.4 Å². The summed E-state index contributed by atoms with van der Waals surface area (Å²) in [6, 6.07) is 3.54. The molecule has 1 rings (SSSR count). The Morgan fingerprint density at radius 3 is 2.74 bits per heavy atom. The van der Waals surface area contributed by atoms with Gasteiger partial charge in [-0.25, -0.2) is 14.0 Å².